The number of hydrogen-bond acceptors (Lipinski definition) is 6. The molecule has 2 aromatic heterocycles. The Labute approximate surface area is 196 Å². The number of nitrogens with zero attached hydrogens (tertiary/aromatic N) is 3. The van der Waals surface area contributed by atoms with E-state index in [0.717, 1.165) is 12.0 Å². The van der Waals surface area contributed by atoms with Crippen LogP contribution in [0.15, 0.2) is 42.7 Å². The molecule has 0 radical (unpaired) electrons. The number of rotatable bonds is 6. The summed E-state index contributed by atoms with van der Waals surface area (Å²) in [6.07, 6.45) is 4.73. The lowest BCUT2D eigenvalue weighted by molar-refractivity contribution is -0.121. The number of aromatic nitrogens is 3. The Morgan fingerprint density at radius 1 is 1.15 bits per heavy atom. The van der Waals surface area contributed by atoms with Crippen molar-refractivity contribution in [1.29, 1.82) is 0 Å². The normalized spacial score (nSPS) is 15.7. The first-order valence-corrected chi connectivity index (χ1v) is 10.9. The number of hydrogen-bond donors (Lipinski definition) is 2. The molecule has 33 heavy (non-hydrogen) atoms. The van der Waals surface area contributed by atoms with E-state index in [4.69, 9.17) is 21.1 Å². The average molecular weight is 470 g/mol. The zero-order valence-corrected chi connectivity index (χ0v) is 19.1. The molecule has 1 saturated heterocycles. The van der Waals surface area contributed by atoms with Crippen molar-refractivity contribution >= 4 is 29.1 Å². The highest BCUT2D eigenvalue weighted by Crippen LogP contribution is 2.36. The van der Waals surface area contributed by atoms with Crippen LogP contribution in [0.3, 0.4) is 0 Å². The summed E-state index contributed by atoms with van der Waals surface area (Å²) >= 11 is 6.21. The monoisotopic (exact) mass is 469 g/mol. The van der Waals surface area contributed by atoms with Crippen molar-refractivity contribution in [3.05, 3.63) is 53.4 Å². The van der Waals surface area contributed by atoms with Crippen molar-refractivity contribution in [2.45, 2.75) is 12.8 Å². The van der Waals surface area contributed by atoms with Gasteiger partial charge in [-0.3, -0.25) is 19.7 Å². The second-order valence-electron chi connectivity index (χ2n) is 7.67. The second-order valence-corrected chi connectivity index (χ2v) is 8.08. The number of likely N-dealkylation sites (tertiary alicyclic amines) is 1. The summed E-state index contributed by atoms with van der Waals surface area (Å²) < 4.78 is 10.6. The number of ether oxygens (including phenoxy) is 2. The standard InChI is InChI=1S/C23H24ClN5O4/c1-32-20-12-21(33-2)18(10-16(20)24)26-22(30)15-4-3-9-29(13-15)23(31)19-11-17(27-28-19)14-5-7-25-8-6-14/h5-8,10-12,15H,3-4,9,13H2,1-2H3,(H,26,30)(H,27,28). The van der Waals surface area contributed by atoms with E-state index in [1.54, 1.807) is 35.5 Å². The van der Waals surface area contributed by atoms with Gasteiger partial charge in [0.2, 0.25) is 5.91 Å². The molecule has 1 aliphatic rings. The topological polar surface area (TPSA) is 109 Å². The van der Waals surface area contributed by atoms with Gasteiger partial charge in [0.25, 0.3) is 5.91 Å². The molecule has 9 nitrogen and oxygen atoms in total. The van der Waals surface area contributed by atoms with Crippen LogP contribution in [0.2, 0.25) is 5.02 Å². The van der Waals surface area contributed by atoms with Crippen LogP contribution in [0, 0.1) is 5.92 Å². The number of H-pyrrole nitrogens is 1. The van der Waals surface area contributed by atoms with Crippen molar-refractivity contribution < 1.29 is 19.1 Å². The minimum atomic E-state index is -0.365. The van der Waals surface area contributed by atoms with Gasteiger partial charge in [-0.25, -0.2) is 0 Å². The van der Waals surface area contributed by atoms with E-state index >= 15 is 0 Å². The summed E-state index contributed by atoms with van der Waals surface area (Å²) in [6, 6.07) is 8.57. The number of carbonyl (C=O) groups is 2. The molecule has 2 amide bonds. The van der Waals surface area contributed by atoms with Crippen molar-refractivity contribution in [2.75, 3.05) is 32.6 Å². The molecular formula is C23H24ClN5O4. The van der Waals surface area contributed by atoms with Gasteiger partial charge in [0.1, 0.15) is 17.2 Å². The molecule has 0 bridgehead atoms. The fraction of sp³-hybridized carbons (Fsp3) is 0.304. The van der Waals surface area contributed by atoms with Crippen LogP contribution in [-0.4, -0.2) is 59.2 Å². The second kappa shape index (κ2) is 9.91. The van der Waals surface area contributed by atoms with Crippen LogP contribution >= 0.6 is 11.6 Å². The Balaban J connectivity index is 1.44. The molecule has 1 aromatic carbocycles. The van der Waals surface area contributed by atoms with Crippen molar-refractivity contribution in [2.24, 2.45) is 5.92 Å². The molecule has 3 aromatic rings. The van der Waals surface area contributed by atoms with E-state index in [-0.39, 0.29) is 17.7 Å². The molecule has 4 rings (SSSR count). The number of piperidine rings is 1. The third-order valence-corrected chi connectivity index (χ3v) is 5.89. The summed E-state index contributed by atoms with van der Waals surface area (Å²) in [5.41, 5.74) is 2.36. The molecule has 2 N–H and O–H groups in total. The average Bonchev–Trinajstić information content (AvgIpc) is 3.35. The predicted molar refractivity (Wildman–Crippen MR) is 124 cm³/mol. The predicted octanol–water partition coefficient (Wildman–Crippen LogP) is 3.63. The van der Waals surface area contributed by atoms with Crippen LogP contribution in [0.5, 0.6) is 11.5 Å². The lowest BCUT2D eigenvalue weighted by atomic mass is 9.96. The highest BCUT2D eigenvalue weighted by molar-refractivity contribution is 6.32. The molecule has 0 saturated carbocycles. The summed E-state index contributed by atoms with van der Waals surface area (Å²) in [5, 5.41) is 10.3. The van der Waals surface area contributed by atoms with E-state index in [2.05, 4.69) is 20.5 Å². The maximum Gasteiger partial charge on any atom is 0.271 e. The quantitative estimate of drug-likeness (QED) is 0.570. The van der Waals surface area contributed by atoms with E-state index in [1.165, 1.54) is 14.2 Å². The van der Waals surface area contributed by atoms with E-state index in [9.17, 15) is 9.59 Å². The first kappa shape index (κ1) is 22.6. The molecule has 1 aliphatic heterocycles. The zero-order valence-electron chi connectivity index (χ0n) is 18.3. The Bertz CT molecular complexity index is 1150. The summed E-state index contributed by atoms with van der Waals surface area (Å²) in [7, 11) is 3.01. The van der Waals surface area contributed by atoms with Crippen LogP contribution in [0.1, 0.15) is 23.3 Å². The van der Waals surface area contributed by atoms with E-state index in [0.29, 0.717) is 53.1 Å². The highest BCUT2D eigenvalue weighted by atomic mass is 35.5. The van der Waals surface area contributed by atoms with E-state index < -0.39 is 0 Å². The molecule has 1 fully saturated rings. The lowest BCUT2D eigenvalue weighted by Crippen LogP contribution is -2.43. The third kappa shape index (κ3) is 4.93. The SMILES string of the molecule is COc1cc(OC)c(NC(=O)C2CCCN(C(=O)c3cc(-c4ccncc4)n[nH]3)C2)cc1Cl. The Morgan fingerprint density at radius 2 is 1.91 bits per heavy atom. The fourth-order valence-corrected chi connectivity index (χ4v) is 4.08. The van der Waals surface area contributed by atoms with Gasteiger partial charge >= 0.3 is 0 Å². The molecule has 3 heterocycles. The van der Waals surface area contributed by atoms with Crippen LogP contribution in [0.25, 0.3) is 11.3 Å². The van der Waals surface area contributed by atoms with Gasteiger partial charge in [-0.15, -0.1) is 0 Å². The number of carbonyl (C=O) groups excluding carboxylic acids is 2. The Kier molecular flexibility index (Phi) is 6.79. The fourth-order valence-electron chi connectivity index (χ4n) is 3.84. The maximum atomic E-state index is 13.0. The molecule has 0 aliphatic carbocycles. The lowest BCUT2D eigenvalue weighted by Gasteiger charge is -2.31. The maximum absolute atomic E-state index is 13.0. The van der Waals surface area contributed by atoms with Crippen LogP contribution in [-0.2, 0) is 4.79 Å². The van der Waals surface area contributed by atoms with Crippen molar-refractivity contribution in [3.8, 4) is 22.8 Å². The van der Waals surface area contributed by atoms with Gasteiger partial charge in [-0.2, -0.15) is 5.10 Å². The van der Waals surface area contributed by atoms with Gasteiger partial charge in [-0.05, 0) is 37.1 Å². The molecule has 10 heteroatoms. The number of amides is 2. The van der Waals surface area contributed by atoms with Crippen molar-refractivity contribution in [1.82, 2.24) is 20.1 Å². The third-order valence-electron chi connectivity index (χ3n) is 5.60. The van der Waals surface area contributed by atoms with Gasteiger partial charge in [0.15, 0.2) is 0 Å². The minimum Gasteiger partial charge on any atom is -0.495 e. The van der Waals surface area contributed by atoms with Gasteiger partial charge in [-0.1, -0.05) is 11.6 Å². The number of nitrogens with one attached hydrogen (secondary N) is 2. The molecule has 172 valence electrons. The first-order valence-electron chi connectivity index (χ1n) is 10.5. The van der Waals surface area contributed by atoms with E-state index in [1.807, 2.05) is 12.1 Å². The zero-order chi connectivity index (χ0) is 23.4. The number of pyridine rings is 1. The molecule has 1 atom stereocenters. The summed E-state index contributed by atoms with van der Waals surface area (Å²) in [5.74, 6) is 0.136. The molecule has 0 spiro atoms. The highest BCUT2D eigenvalue weighted by Gasteiger charge is 2.30. The van der Waals surface area contributed by atoms with Gasteiger partial charge in [0, 0.05) is 37.1 Å². The van der Waals surface area contributed by atoms with Gasteiger partial charge < -0.3 is 19.7 Å². The number of methoxy groups -OCH3 is 2. The largest absolute Gasteiger partial charge is 0.495 e. The summed E-state index contributed by atoms with van der Waals surface area (Å²) in [4.78, 5) is 31.7. The minimum absolute atomic E-state index is 0.189. The molecule has 1 unspecified atom stereocenters. The number of anilines is 1. The van der Waals surface area contributed by atoms with Crippen LogP contribution < -0.4 is 14.8 Å². The number of aromatic amines is 1. The smallest absolute Gasteiger partial charge is 0.271 e. The summed E-state index contributed by atoms with van der Waals surface area (Å²) in [6.45, 7) is 0.879. The van der Waals surface area contributed by atoms with Crippen molar-refractivity contribution in [3.63, 3.8) is 0 Å². The Morgan fingerprint density at radius 3 is 2.64 bits per heavy atom. The number of halogens is 1. The van der Waals surface area contributed by atoms with Gasteiger partial charge in [0.05, 0.1) is 36.5 Å². The Hall–Kier alpha value is -3.59. The van der Waals surface area contributed by atoms with Crippen LogP contribution in [0.4, 0.5) is 5.69 Å². The number of benzene rings is 1. The molecular weight excluding hydrogens is 446 g/mol. The first-order chi connectivity index (χ1) is 16.0.